The average Bonchev–Trinajstić information content (AvgIpc) is 3.55. The van der Waals surface area contributed by atoms with Crippen molar-refractivity contribution in [1.29, 1.82) is 0 Å². The minimum atomic E-state index is -0.000845. The number of carbonyl (C=O) groups is 2. The van der Waals surface area contributed by atoms with Crippen molar-refractivity contribution in [1.82, 2.24) is 10.2 Å². The predicted molar refractivity (Wildman–Crippen MR) is 120 cm³/mol. The number of hydrogen-bond donors (Lipinski definition) is 1. The van der Waals surface area contributed by atoms with Gasteiger partial charge in [0.15, 0.2) is 0 Å². The Balaban J connectivity index is 1.26. The highest BCUT2D eigenvalue weighted by Crippen LogP contribution is 2.48. The maximum Gasteiger partial charge on any atom is 0.224 e. The van der Waals surface area contributed by atoms with Crippen molar-refractivity contribution < 1.29 is 9.59 Å². The van der Waals surface area contributed by atoms with Crippen molar-refractivity contribution in [3.8, 4) is 0 Å². The number of anilines is 1. The molecule has 1 heterocycles. The maximum atomic E-state index is 12.5. The molecule has 1 N–H and O–H groups in total. The fourth-order valence-electron chi connectivity index (χ4n) is 4.02. The molecule has 0 bridgehead atoms. The molecule has 158 valence electrons. The zero-order valence-electron chi connectivity index (χ0n) is 16.9. The van der Waals surface area contributed by atoms with Crippen LogP contribution in [0.3, 0.4) is 0 Å². The molecule has 5 nitrogen and oxygen atoms in total. The highest BCUT2D eigenvalue weighted by molar-refractivity contribution is 6.42. The standard InChI is InChI=1S/C23H25Cl2N3O2/c1-15(29)27-8-10-28(11-9-27)18-5-2-16(3-6-18)14-26-23(30)20-13-19(20)17-4-7-21(24)22(25)12-17/h2-7,12,19-20H,8-11,13-14H2,1H3,(H,26,30)/t19-,20+/m1/s1. The van der Waals surface area contributed by atoms with Crippen LogP contribution in [-0.4, -0.2) is 42.9 Å². The van der Waals surface area contributed by atoms with E-state index in [1.807, 2.05) is 17.0 Å². The van der Waals surface area contributed by atoms with E-state index in [0.29, 0.717) is 16.6 Å². The van der Waals surface area contributed by atoms with Crippen LogP contribution in [0.15, 0.2) is 42.5 Å². The van der Waals surface area contributed by atoms with Crippen molar-refractivity contribution in [3.63, 3.8) is 0 Å². The number of amides is 2. The molecule has 1 saturated heterocycles. The molecule has 2 atom stereocenters. The first-order valence-electron chi connectivity index (χ1n) is 10.2. The number of rotatable bonds is 5. The molecule has 30 heavy (non-hydrogen) atoms. The Morgan fingerprint density at radius 3 is 2.33 bits per heavy atom. The fraction of sp³-hybridized carbons (Fsp3) is 0.391. The number of benzene rings is 2. The van der Waals surface area contributed by atoms with Crippen LogP contribution >= 0.6 is 23.2 Å². The Morgan fingerprint density at radius 1 is 1.00 bits per heavy atom. The maximum absolute atomic E-state index is 12.5. The number of piperazine rings is 1. The van der Waals surface area contributed by atoms with Crippen LogP contribution in [0.2, 0.25) is 10.0 Å². The van der Waals surface area contributed by atoms with E-state index in [2.05, 4.69) is 34.5 Å². The summed E-state index contributed by atoms with van der Waals surface area (Å²) in [7, 11) is 0. The van der Waals surface area contributed by atoms with Gasteiger partial charge >= 0.3 is 0 Å². The molecule has 0 spiro atoms. The lowest BCUT2D eigenvalue weighted by Crippen LogP contribution is -2.48. The zero-order chi connectivity index (χ0) is 21.3. The highest BCUT2D eigenvalue weighted by Gasteiger charge is 2.43. The van der Waals surface area contributed by atoms with Gasteiger partial charge < -0.3 is 15.1 Å². The molecular formula is C23H25Cl2N3O2. The van der Waals surface area contributed by atoms with E-state index in [-0.39, 0.29) is 23.7 Å². The molecule has 0 aromatic heterocycles. The molecule has 7 heteroatoms. The van der Waals surface area contributed by atoms with E-state index in [1.165, 1.54) is 0 Å². The quantitative estimate of drug-likeness (QED) is 0.753. The number of halogens is 2. The summed E-state index contributed by atoms with van der Waals surface area (Å²) in [5.74, 6) is 0.434. The summed E-state index contributed by atoms with van der Waals surface area (Å²) in [6, 6.07) is 13.9. The molecule has 2 amide bonds. The Kier molecular flexibility index (Phi) is 6.21. The van der Waals surface area contributed by atoms with Crippen molar-refractivity contribution in [2.45, 2.75) is 25.8 Å². The summed E-state index contributed by atoms with van der Waals surface area (Å²) in [6.07, 6.45) is 0.842. The lowest BCUT2D eigenvalue weighted by molar-refractivity contribution is -0.129. The van der Waals surface area contributed by atoms with E-state index in [0.717, 1.165) is 49.4 Å². The predicted octanol–water partition coefficient (Wildman–Crippen LogP) is 4.08. The van der Waals surface area contributed by atoms with Crippen LogP contribution < -0.4 is 10.2 Å². The normalized spacial score (nSPS) is 20.8. The molecule has 2 aromatic carbocycles. The molecule has 2 fully saturated rings. The smallest absolute Gasteiger partial charge is 0.224 e. The Morgan fingerprint density at radius 2 is 1.70 bits per heavy atom. The Hall–Kier alpha value is -2.24. The fourth-order valence-corrected chi connectivity index (χ4v) is 4.33. The van der Waals surface area contributed by atoms with Crippen LogP contribution in [0.5, 0.6) is 0 Å². The van der Waals surface area contributed by atoms with Gasteiger partial charge in [0.2, 0.25) is 11.8 Å². The molecule has 1 saturated carbocycles. The van der Waals surface area contributed by atoms with Gasteiger partial charge in [0, 0.05) is 51.3 Å². The summed E-state index contributed by atoms with van der Waals surface area (Å²) in [5.41, 5.74) is 3.29. The Bertz CT molecular complexity index is 940. The summed E-state index contributed by atoms with van der Waals surface area (Å²) in [4.78, 5) is 28.1. The summed E-state index contributed by atoms with van der Waals surface area (Å²) >= 11 is 12.1. The van der Waals surface area contributed by atoms with Crippen molar-refractivity contribution in [2.24, 2.45) is 5.92 Å². The number of nitrogens with one attached hydrogen (secondary N) is 1. The third kappa shape index (κ3) is 4.73. The van der Waals surface area contributed by atoms with Crippen LogP contribution in [0, 0.1) is 5.92 Å². The average molecular weight is 446 g/mol. The largest absolute Gasteiger partial charge is 0.368 e. The second kappa shape index (κ2) is 8.86. The van der Waals surface area contributed by atoms with Gasteiger partial charge in [0.25, 0.3) is 0 Å². The number of hydrogen-bond acceptors (Lipinski definition) is 3. The minimum Gasteiger partial charge on any atom is -0.368 e. The second-order valence-corrected chi connectivity index (χ2v) is 8.81. The number of nitrogens with zero attached hydrogens (tertiary/aromatic N) is 2. The van der Waals surface area contributed by atoms with Gasteiger partial charge in [-0.2, -0.15) is 0 Å². The molecule has 0 radical (unpaired) electrons. The SMILES string of the molecule is CC(=O)N1CCN(c2ccc(CNC(=O)[C@H]3C[C@@H]3c3ccc(Cl)c(Cl)c3)cc2)CC1. The molecule has 0 unspecified atom stereocenters. The van der Waals surface area contributed by atoms with Gasteiger partial charge in [-0.3, -0.25) is 9.59 Å². The second-order valence-electron chi connectivity index (χ2n) is 8.00. The van der Waals surface area contributed by atoms with E-state index in [9.17, 15) is 9.59 Å². The molecule has 1 aliphatic heterocycles. The van der Waals surface area contributed by atoms with Crippen LogP contribution in [0.4, 0.5) is 5.69 Å². The summed E-state index contributed by atoms with van der Waals surface area (Å²) in [5, 5.41) is 4.11. The third-order valence-corrected chi connectivity index (χ3v) is 6.73. The molecule has 1 aliphatic carbocycles. The van der Waals surface area contributed by atoms with Crippen LogP contribution in [-0.2, 0) is 16.1 Å². The lowest BCUT2D eigenvalue weighted by Gasteiger charge is -2.35. The van der Waals surface area contributed by atoms with Crippen molar-refractivity contribution in [3.05, 3.63) is 63.6 Å². The van der Waals surface area contributed by atoms with E-state index < -0.39 is 0 Å². The first-order valence-corrected chi connectivity index (χ1v) is 11.0. The van der Waals surface area contributed by atoms with E-state index in [1.54, 1.807) is 13.0 Å². The van der Waals surface area contributed by atoms with Gasteiger partial charge in [-0.25, -0.2) is 0 Å². The summed E-state index contributed by atoms with van der Waals surface area (Å²) < 4.78 is 0. The highest BCUT2D eigenvalue weighted by atomic mass is 35.5. The first-order chi connectivity index (χ1) is 14.4. The van der Waals surface area contributed by atoms with Crippen molar-refractivity contribution >= 4 is 40.7 Å². The van der Waals surface area contributed by atoms with Gasteiger partial charge in [-0.15, -0.1) is 0 Å². The molecular weight excluding hydrogens is 421 g/mol. The summed E-state index contributed by atoms with van der Waals surface area (Å²) in [6.45, 7) is 5.33. The third-order valence-electron chi connectivity index (χ3n) is 5.99. The van der Waals surface area contributed by atoms with Crippen molar-refractivity contribution in [2.75, 3.05) is 31.1 Å². The van der Waals surface area contributed by atoms with E-state index >= 15 is 0 Å². The van der Waals surface area contributed by atoms with Crippen LogP contribution in [0.1, 0.15) is 30.4 Å². The molecule has 4 rings (SSSR count). The molecule has 2 aliphatic rings. The monoisotopic (exact) mass is 445 g/mol. The topological polar surface area (TPSA) is 52.7 Å². The lowest BCUT2D eigenvalue weighted by atomic mass is 10.1. The zero-order valence-corrected chi connectivity index (χ0v) is 18.4. The van der Waals surface area contributed by atoms with Gasteiger partial charge in [-0.05, 0) is 47.7 Å². The van der Waals surface area contributed by atoms with E-state index in [4.69, 9.17) is 23.2 Å². The first kappa shape index (κ1) is 21.0. The van der Waals surface area contributed by atoms with Gasteiger partial charge in [0.1, 0.15) is 0 Å². The van der Waals surface area contributed by atoms with Gasteiger partial charge in [0.05, 0.1) is 10.0 Å². The van der Waals surface area contributed by atoms with Gasteiger partial charge in [-0.1, -0.05) is 41.4 Å². The molecule has 2 aromatic rings. The van der Waals surface area contributed by atoms with Crippen LogP contribution in [0.25, 0.3) is 0 Å². The number of carbonyl (C=O) groups excluding carboxylic acids is 2. The minimum absolute atomic E-state index is 0.000845. The Labute approximate surface area is 186 Å².